The molecule has 1 radical (unpaired) electrons. The van der Waals surface area contributed by atoms with E-state index >= 15 is 0 Å². The van der Waals surface area contributed by atoms with Gasteiger partial charge in [-0.15, -0.1) is 11.8 Å². The van der Waals surface area contributed by atoms with Crippen molar-refractivity contribution in [3.8, 4) is 0 Å². The van der Waals surface area contributed by atoms with Crippen molar-refractivity contribution in [2.75, 3.05) is 12.9 Å². The molecule has 0 aromatic heterocycles. The number of hydrogen-bond acceptors (Lipinski definition) is 5. The molecular formula is C14H15N3O4SY-2. The van der Waals surface area contributed by atoms with Crippen LogP contribution in [0.1, 0.15) is 16.8 Å². The third-order valence-electron chi connectivity index (χ3n) is 2.53. The minimum absolute atomic E-state index is 0. The Morgan fingerprint density at radius 1 is 1.35 bits per heavy atom. The molecule has 1 fully saturated rings. The summed E-state index contributed by atoms with van der Waals surface area (Å²) in [7, 11) is 1.51. The van der Waals surface area contributed by atoms with Gasteiger partial charge in [0.05, 0.1) is 22.9 Å². The first kappa shape index (κ1) is 21.8. The number of nitrogens with zero attached hydrogens (tertiary/aromatic N) is 1. The summed E-state index contributed by atoms with van der Waals surface area (Å²) >= 11 is 1.22. The van der Waals surface area contributed by atoms with Gasteiger partial charge in [-0.25, -0.2) is 0 Å². The van der Waals surface area contributed by atoms with E-state index in [1.165, 1.54) is 25.2 Å². The SMILES string of the molecule is CN[C-]=O.O=C1CC(SCNC(=O)c2ccccc2)C(=O)[N-]1.[Y]. The number of carbonyl (C=O) groups excluding carboxylic acids is 4. The van der Waals surface area contributed by atoms with E-state index in [1.807, 2.05) is 6.07 Å². The van der Waals surface area contributed by atoms with Crippen LogP contribution in [0.15, 0.2) is 30.3 Å². The summed E-state index contributed by atoms with van der Waals surface area (Å²) in [6.45, 7) is 0. The van der Waals surface area contributed by atoms with Crippen LogP contribution in [-0.4, -0.2) is 42.3 Å². The van der Waals surface area contributed by atoms with E-state index in [9.17, 15) is 14.4 Å². The largest absolute Gasteiger partial charge is 0.595 e. The van der Waals surface area contributed by atoms with Crippen molar-refractivity contribution in [2.45, 2.75) is 11.7 Å². The molecule has 23 heavy (non-hydrogen) atoms. The molecule has 0 saturated carbocycles. The molecule has 1 aliphatic heterocycles. The third-order valence-corrected chi connectivity index (χ3v) is 3.61. The van der Waals surface area contributed by atoms with Crippen LogP contribution in [0, 0.1) is 0 Å². The quantitative estimate of drug-likeness (QED) is 0.320. The van der Waals surface area contributed by atoms with Crippen LogP contribution < -0.4 is 10.6 Å². The summed E-state index contributed by atoms with van der Waals surface area (Å²) in [6, 6.07) is 8.80. The zero-order valence-electron chi connectivity index (χ0n) is 12.4. The number of hydrogen-bond donors (Lipinski definition) is 2. The summed E-state index contributed by atoms with van der Waals surface area (Å²) in [6.07, 6.45) is 1.56. The number of thioether (sulfide) groups is 1. The summed E-state index contributed by atoms with van der Waals surface area (Å²) < 4.78 is 0. The topological polar surface area (TPSA) is 106 Å². The predicted molar refractivity (Wildman–Crippen MR) is 82.9 cm³/mol. The van der Waals surface area contributed by atoms with Gasteiger partial charge in [-0.3, -0.25) is 4.79 Å². The van der Waals surface area contributed by atoms with Crippen LogP contribution in [0.2, 0.25) is 0 Å². The molecule has 1 heterocycles. The van der Waals surface area contributed by atoms with E-state index in [4.69, 9.17) is 4.79 Å². The molecule has 1 aromatic rings. The van der Waals surface area contributed by atoms with Crippen LogP contribution in [0.3, 0.4) is 0 Å². The van der Waals surface area contributed by atoms with E-state index in [0.717, 1.165) is 0 Å². The maximum atomic E-state index is 11.7. The van der Waals surface area contributed by atoms with Crippen molar-refractivity contribution < 1.29 is 51.9 Å². The molecule has 1 saturated heterocycles. The molecule has 0 aliphatic carbocycles. The van der Waals surface area contributed by atoms with Crippen LogP contribution in [0.25, 0.3) is 5.32 Å². The Morgan fingerprint density at radius 3 is 2.43 bits per heavy atom. The van der Waals surface area contributed by atoms with Crippen molar-refractivity contribution in [3.63, 3.8) is 0 Å². The van der Waals surface area contributed by atoms with Gasteiger partial charge in [-0.1, -0.05) is 18.2 Å². The van der Waals surface area contributed by atoms with Crippen LogP contribution in [-0.2, 0) is 47.1 Å². The molecule has 2 N–H and O–H groups in total. The van der Waals surface area contributed by atoms with Crippen LogP contribution in [0.4, 0.5) is 0 Å². The molecular weight excluding hydrogens is 395 g/mol. The summed E-state index contributed by atoms with van der Waals surface area (Å²) in [5.41, 5.74) is 0.566. The molecule has 1 unspecified atom stereocenters. The summed E-state index contributed by atoms with van der Waals surface area (Å²) in [4.78, 5) is 42.7. The molecule has 1 atom stereocenters. The normalized spacial score (nSPS) is 15.4. The van der Waals surface area contributed by atoms with Gasteiger partial charge in [0.1, 0.15) is 0 Å². The molecule has 7 nitrogen and oxygen atoms in total. The van der Waals surface area contributed by atoms with Crippen molar-refractivity contribution in [1.82, 2.24) is 10.6 Å². The maximum absolute atomic E-state index is 11.7. The second kappa shape index (κ2) is 12.2. The number of amides is 4. The van der Waals surface area contributed by atoms with Crippen LogP contribution in [0.5, 0.6) is 0 Å². The molecule has 1 aromatic carbocycles. The van der Waals surface area contributed by atoms with Gasteiger partial charge in [-0.2, -0.15) is 6.41 Å². The van der Waals surface area contributed by atoms with Gasteiger partial charge in [0.2, 0.25) is 0 Å². The van der Waals surface area contributed by atoms with E-state index in [0.29, 0.717) is 5.56 Å². The Labute approximate surface area is 163 Å². The van der Waals surface area contributed by atoms with E-state index in [1.54, 1.807) is 24.3 Å². The second-order valence-corrected chi connectivity index (χ2v) is 5.26. The monoisotopic (exact) mass is 410 g/mol. The molecule has 121 valence electrons. The van der Waals surface area contributed by atoms with Crippen molar-refractivity contribution >= 4 is 35.9 Å². The number of carbonyl (C=O) groups is 3. The fourth-order valence-corrected chi connectivity index (χ4v) is 2.39. The average Bonchev–Trinajstić information content (AvgIpc) is 2.86. The first-order valence-corrected chi connectivity index (χ1v) is 7.40. The Hall–Kier alpha value is -1.25. The molecule has 1 aliphatic rings. The zero-order valence-corrected chi connectivity index (χ0v) is 16.1. The van der Waals surface area contributed by atoms with Gasteiger partial charge in [0.15, 0.2) is 0 Å². The van der Waals surface area contributed by atoms with Gasteiger partial charge in [0.25, 0.3) is 5.91 Å². The first-order valence-electron chi connectivity index (χ1n) is 6.35. The third kappa shape index (κ3) is 8.25. The van der Waals surface area contributed by atoms with Gasteiger partial charge in [-0.05, 0) is 19.2 Å². The Kier molecular flexibility index (Phi) is 11.5. The van der Waals surface area contributed by atoms with Crippen molar-refractivity contribution in [2.24, 2.45) is 0 Å². The van der Waals surface area contributed by atoms with E-state index < -0.39 is 11.2 Å². The average molecular weight is 410 g/mol. The standard InChI is InChI=1S/C12H12N2O3S.C2H4NO.Y/c15-10-6-9(12(17)14-10)18-7-13-11(16)8-4-2-1-3-5-8;1-3-2-4;/h1-5,9H,6-7H2,(H2,13,14,15,16,17);1H3,(H,3,4);/q;-1;/p-1. The molecule has 2 rings (SSSR count). The first-order chi connectivity index (χ1) is 10.6. The number of nitrogens with one attached hydrogen (secondary N) is 2. The number of imide groups is 1. The summed E-state index contributed by atoms with van der Waals surface area (Å²) in [5.74, 6) is -0.699. The van der Waals surface area contributed by atoms with Gasteiger partial charge in [0, 0.05) is 44.7 Å². The maximum Gasteiger partial charge on any atom is 0.251 e. The van der Waals surface area contributed by atoms with E-state index in [-0.39, 0.29) is 56.8 Å². The van der Waals surface area contributed by atoms with Crippen LogP contribution >= 0.6 is 11.8 Å². The number of rotatable bonds is 5. The number of benzene rings is 1. The van der Waals surface area contributed by atoms with Crippen molar-refractivity contribution in [3.05, 3.63) is 41.2 Å². The molecule has 0 spiro atoms. The van der Waals surface area contributed by atoms with Gasteiger partial charge >= 0.3 is 0 Å². The fraction of sp³-hybridized carbons (Fsp3) is 0.286. The Bertz CT molecular complexity index is 542. The summed E-state index contributed by atoms with van der Waals surface area (Å²) in [5, 5.41) is 7.67. The minimum Gasteiger partial charge on any atom is -0.595 e. The molecule has 4 amide bonds. The Balaban J connectivity index is 0.000000871. The van der Waals surface area contributed by atoms with E-state index in [2.05, 4.69) is 16.0 Å². The Morgan fingerprint density at radius 2 is 1.96 bits per heavy atom. The van der Waals surface area contributed by atoms with Gasteiger partial charge < -0.3 is 30.3 Å². The second-order valence-electron chi connectivity index (χ2n) is 4.07. The molecule has 0 bridgehead atoms. The van der Waals surface area contributed by atoms with Crippen molar-refractivity contribution in [1.29, 1.82) is 0 Å². The predicted octanol–water partition coefficient (Wildman–Crippen LogP) is 0.577. The molecule has 9 heteroatoms. The fourth-order valence-electron chi connectivity index (χ4n) is 1.52. The smallest absolute Gasteiger partial charge is 0.251 e. The minimum atomic E-state index is -0.450. The zero-order chi connectivity index (χ0) is 16.4.